The maximum absolute atomic E-state index is 6.06. The van der Waals surface area contributed by atoms with Crippen LogP contribution in [0.4, 0.5) is 5.69 Å². The summed E-state index contributed by atoms with van der Waals surface area (Å²) >= 11 is 0. The lowest BCUT2D eigenvalue weighted by molar-refractivity contribution is -0.0402. The molecule has 1 atom stereocenters. The van der Waals surface area contributed by atoms with Crippen LogP contribution in [0.2, 0.25) is 0 Å². The summed E-state index contributed by atoms with van der Waals surface area (Å²) < 4.78 is 11.8. The van der Waals surface area contributed by atoms with Crippen LogP contribution in [0, 0.1) is 0 Å². The lowest BCUT2D eigenvalue weighted by atomic mass is 10.2. The largest absolute Gasteiger partial charge is 0.489 e. The molecule has 3 rings (SSSR count). The molecule has 0 aromatic heterocycles. The summed E-state index contributed by atoms with van der Waals surface area (Å²) in [4.78, 5) is 4.68. The number of morpholine rings is 1. The van der Waals surface area contributed by atoms with Crippen molar-refractivity contribution in [1.29, 1.82) is 0 Å². The molecule has 21 heavy (non-hydrogen) atoms. The Morgan fingerprint density at radius 2 is 2.05 bits per heavy atom. The van der Waals surface area contributed by atoms with Crippen molar-refractivity contribution in [3.8, 4) is 5.75 Å². The van der Waals surface area contributed by atoms with Crippen molar-refractivity contribution in [2.24, 2.45) is 0 Å². The number of hydrogen-bond donors (Lipinski definition) is 1. The number of nitrogens with zero attached hydrogens (tertiary/aromatic N) is 2. The Hall–Kier alpha value is -1.30. The predicted octanol–water partition coefficient (Wildman–Crippen LogP) is 0.806. The van der Waals surface area contributed by atoms with Gasteiger partial charge in [0.05, 0.1) is 12.3 Å². The van der Waals surface area contributed by atoms with Crippen molar-refractivity contribution in [3.63, 3.8) is 0 Å². The Kier molecular flexibility index (Phi) is 4.95. The van der Waals surface area contributed by atoms with Crippen LogP contribution >= 0.6 is 0 Å². The van der Waals surface area contributed by atoms with Crippen LogP contribution < -0.4 is 15.0 Å². The van der Waals surface area contributed by atoms with Gasteiger partial charge in [-0.05, 0) is 19.2 Å². The third kappa shape index (κ3) is 3.87. The normalized spacial score (nSPS) is 24.0. The van der Waals surface area contributed by atoms with E-state index in [4.69, 9.17) is 9.47 Å². The topological polar surface area (TPSA) is 37.0 Å². The van der Waals surface area contributed by atoms with Gasteiger partial charge in [0.25, 0.3) is 0 Å². The van der Waals surface area contributed by atoms with E-state index in [0.29, 0.717) is 6.61 Å². The molecule has 0 aliphatic carbocycles. The molecule has 116 valence electrons. The van der Waals surface area contributed by atoms with Gasteiger partial charge in [0.2, 0.25) is 0 Å². The Balaban J connectivity index is 1.62. The third-order valence-electron chi connectivity index (χ3n) is 4.09. The van der Waals surface area contributed by atoms with E-state index < -0.39 is 0 Å². The number of hydrogen-bond acceptors (Lipinski definition) is 5. The van der Waals surface area contributed by atoms with E-state index in [1.165, 1.54) is 5.69 Å². The molecule has 1 aromatic rings. The second-order valence-electron chi connectivity index (χ2n) is 5.77. The van der Waals surface area contributed by atoms with Crippen LogP contribution in [0.3, 0.4) is 0 Å². The number of benzene rings is 1. The molecule has 1 N–H and O–H groups in total. The number of likely N-dealkylation sites (N-methyl/N-ethyl adjacent to an activating group) is 1. The van der Waals surface area contributed by atoms with Gasteiger partial charge in [-0.1, -0.05) is 12.1 Å². The first kappa shape index (κ1) is 14.6. The van der Waals surface area contributed by atoms with E-state index in [-0.39, 0.29) is 6.10 Å². The van der Waals surface area contributed by atoms with Crippen molar-refractivity contribution in [2.75, 3.05) is 64.4 Å². The summed E-state index contributed by atoms with van der Waals surface area (Å²) in [6.45, 7) is 7.49. The number of anilines is 1. The number of nitrogens with one attached hydrogen (secondary N) is 1. The second kappa shape index (κ2) is 7.11. The van der Waals surface area contributed by atoms with Crippen molar-refractivity contribution in [1.82, 2.24) is 10.2 Å². The number of para-hydroxylation sites is 2. The van der Waals surface area contributed by atoms with Gasteiger partial charge >= 0.3 is 0 Å². The fourth-order valence-corrected chi connectivity index (χ4v) is 2.90. The molecular formula is C16H25N3O2. The quantitative estimate of drug-likeness (QED) is 0.888. The fourth-order valence-electron chi connectivity index (χ4n) is 2.90. The van der Waals surface area contributed by atoms with Gasteiger partial charge in [-0.3, -0.25) is 0 Å². The summed E-state index contributed by atoms with van der Waals surface area (Å²) in [6, 6.07) is 8.32. The monoisotopic (exact) mass is 291 g/mol. The Morgan fingerprint density at radius 1 is 1.24 bits per heavy atom. The highest BCUT2D eigenvalue weighted by molar-refractivity contribution is 5.58. The molecule has 5 heteroatoms. The summed E-state index contributed by atoms with van der Waals surface area (Å²) in [5, 5.41) is 3.38. The smallest absolute Gasteiger partial charge is 0.142 e. The maximum Gasteiger partial charge on any atom is 0.142 e. The molecule has 0 spiro atoms. The lowest BCUT2D eigenvalue weighted by Crippen LogP contribution is -2.44. The molecule has 1 unspecified atom stereocenters. The molecule has 2 aliphatic rings. The molecule has 2 heterocycles. The first-order valence-electron chi connectivity index (χ1n) is 7.80. The van der Waals surface area contributed by atoms with Gasteiger partial charge in [-0.25, -0.2) is 0 Å². The number of rotatable bonds is 4. The van der Waals surface area contributed by atoms with E-state index in [0.717, 1.165) is 51.6 Å². The fraction of sp³-hybridized carbons (Fsp3) is 0.625. The van der Waals surface area contributed by atoms with Crippen LogP contribution in [-0.2, 0) is 4.74 Å². The van der Waals surface area contributed by atoms with Gasteiger partial charge in [0.15, 0.2) is 0 Å². The SMILES string of the molecule is CN1CCOC(COc2ccccc2N2CCNCC2)C1. The Bertz CT molecular complexity index is 449. The van der Waals surface area contributed by atoms with Crippen molar-refractivity contribution in [3.05, 3.63) is 24.3 Å². The molecular weight excluding hydrogens is 266 g/mol. The zero-order valence-corrected chi connectivity index (χ0v) is 12.8. The average molecular weight is 291 g/mol. The Labute approximate surface area is 126 Å². The van der Waals surface area contributed by atoms with E-state index in [1.807, 2.05) is 6.07 Å². The molecule has 2 fully saturated rings. The van der Waals surface area contributed by atoms with Crippen LogP contribution in [0.1, 0.15) is 0 Å². The molecule has 0 bridgehead atoms. The van der Waals surface area contributed by atoms with Crippen molar-refractivity contribution >= 4 is 5.69 Å². The molecule has 0 radical (unpaired) electrons. The first-order valence-corrected chi connectivity index (χ1v) is 7.80. The maximum atomic E-state index is 6.06. The van der Waals surface area contributed by atoms with E-state index in [2.05, 4.69) is 40.4 Å². The van der Waals surface area contributed by atoms with Gasteiger partial charge in [0, 0.05) is 39.3 Å². The highest BCUT2D eigenvalue weighted by Gasteiger charge is 2.20. The molecule has 5 nitrogen and oxygen atoms in total. The van der Waals surface area contributed by atoms with Gasteiger partial charge in [-0.15, -0.1) is 0 Å². The van der Waals surface area contributed by atoms with E-state index in [9.17, 15) is 0 Å². The highest BCUT2D eigenvalue weighted by Crippen LogP contribution is 2.28. The average Bonchev–Trinajstić information content (AvgIpc) is 2.54. The zero-order chi connectivity index (χ0) is 14.5. The number of ether oxygens (including phenoxy) is 2. The summed E-state index contributed by atoms with van der Waals surface area (Å²) in [6.07, 6.45) is 0.167. The predicted molar refractivity (Wildman–Crippen MR) is 84.3 cm³/mol. The van der Waals surface area contributed by atoms with Crippen molar-refractivity contribution in [2.45, 2.75) is 6.10 Å². The lowest BCUT2D eigenvalue weighted by Gasteiger charge is -2.32. The second-order valence-corrected chi connectivity index (χ2v) is 5.77. The van der Waals surface area contributed by atoms with Gasteiger partial charge in [-0.2, -0.15) is 0 Å². The minimum Gasteiger partial charge on any atom is -0.489 e. The minimum absolute atomic E-state index is 0.167. The van der Waals surface area contributed by atoms with Gasteiger partial charge in [0.1, 0.15) is 18.5 Å². The highest BCUT2D eigenvalue weighted by atomic mass is 16.5. The molecule has 0 saturated carbocycles. The Morgan fingerprint density at radius 3 is 2.86 bits per heavy atom. The van der Waals surface area contributed by atoms with Crippen molar-refractivity contribution < 1.29 is 9.47 Å². The minimum atomic E-state index is 0.167. The zero-order valence-electron chi connectivity index (χ0n) is 12.8. The van der Waals surface area contributed by atoms with Crippen LogP contribution in [0.15, 0.2) is 24.3 Å². The van der Waals surface area contributed by atoms with Gasteiger partial charge < -0.3 is 24.6 Å². The summed E-state index contributed by atoms with van der Waals surface area (Å²) in [7, 11) is 2.13. The molecule has 0 amide bonds. The first-order chi connectivity index (χ1) is 10.3. The van der Waals surface area contributed by atoms with Crippen LogP contribution in [-0.4, -0.2) is 70.5 Å². The molecule has 2 aliphatic heterocycles. The van der Waals surface area contributed by atoms with Crippen LogP contribution in [0.25, 0.3) is 0 Å². The number of piperazine rings is 1. The van der Waals surface area contributed by atoms with E-state index in [1.54, 1.807) is 0 Å². The summed E-state index contributed by atoms with van der Waals surface area (Å²) in [5.41, 5.74) is 1.20. The molecule has 1 aromatic carbocycles. The standard InChI is InChI=1S/C16H25N3O2/c1-18-10-11-20-14(12-18)13-21-16-5-3-2-4-15(16)19-8-6-17-7-9-19/h2-5,14,17H,6-13H2,1H3. The summed E-state index contributed by atoms with van der Waals surface area (Å²) in [5.74, 6) is 0.969. The molecule has 2 saturated heterocycles. The van der Waals surface area contributed by atoms with E-state index >= 15 is 0 Å². The third-order valence-corrected chi connectivity index (χ3v) is 4.09. The van der Waals surface area contributed by atoms with Crippen LogP contribution in [0.5, 0.6) is 5.75 Å².